The van der Waals surface area contributed by atoms with Gasteiger partial charge < -0.3 is 14.6 Å². The average molecular weight is 406 g/mol. The smallest absolute Gasteiger partial charge is 0.416 e. The second-order valence-corrected chi connectivity index (χ2v) is 6.90. The number of fused-ring (bicyclic) bond motifs is 1. The van der Waals surface area contributed by atoms with E-state index in [4.69, 9.17) is 4.74 Å². The predicted octanol–water partition coefficient (Wildman–Crippen LogP) is 4.32. The lowest BCUT2D eigenvalue weighted by molar-refractivity contribution is -0.254. The van der Waals surface area contributed by atoms with Crippen molar-refractivity contribution in [2.24, 2.45) is 0 Å². The molecule has 0 atom stereocenters. The van der Waals surface area contributed by atoms with Gasteiger partial charge in [0.25, 0.3) is 0 Å². The van der Waals surface area contributed by atoms with Crippen molar-refractivity contribution in [1.29, 1.82) is 0 Å². The first-order chi connectivity index (χ1) is 13.2. The van der Waals surface area contributed by atoms with Crippen LogP contribution in [0.3, 0.4) is 0 Å². The Hall–Kier alpha value is -2.74. The highest BCUT2D eigenvalue weighted by atomic mass is 32.2. The van der Waals surface area contributed by atoms with Gasteiger partial charge in [0.15, 0.2) is 0 Å². The number of benzene rings is 2. The minimum absolute atomic E-state index is 0.102. The number of halogens is 3. The number of hydrogen-bond acceptors (Lipinski definition) is 5. The van der Waals surface area contributed by atoms with E-state index in [1.807, 2.05) is 6.26 Å². The van der Waals surface area contributed by atoms with E-state index >= 15 is 0 Å². The highest BCUT2D eigenvalue weighted by Gasteiger charge is 2.30. The SMILES string of the molecule is COc1cc2nc(-c3cccc(C(F)(F)F)c3)c(C)c(C(=O)[O-])c2cc1SC. The van der Waals surface area contributed by atoms with Gasteiger partial charge in [-0.2, -0.15) is 13.2 Å². The fourth-order valence-corrected chi connectivity index (χ4v) is 3.65. The summed E-state index contributed by atoms with van der Waals surface area (Å²) in [5.74, 6) is -0.925. The molecule has 1 aromatic heterocycles. The monoisotopic (exact) mass is 406 g/mol. The molecule has 3 rings (SSSR count). The Morgan fingerprint density at radius 1 is 1.21 bits per heavy atom. The number of carboxylic acid groups (broad SMARTS) is 1. The quantitative estimate of drug-likeness (QED) is 0.604. The summed E-state index contributed by atoms with van der Waals surface area (Å²) in [4.78, 5) is 17.0. The molecule has 1 heterocycles. The summed E-state index contributed by atoms with van der Waals surface area (Å²) in [5, 5.41) is 12.2. The zero-order valence-electron chi connectivity index (χ0n) is 15.2. The van der Waals surface area contributed by atoms with Crippen LogP contribution in [0.5, 0.6) is 5.75 Å². The van der Waals surface area contributed by atoms with Crippen LogP contribution in [-0.2, 0) is 6.18 Å². The van der Waals surface area contributed by atoms with Gasteiger partial charge in [0.2, 0.25) is 0 Å². The first kappa shape index (κ1) is 20.0. The Balaban J connectivity index is 2.36. The van der Waals surface area contributed by atoms with Crippen LogP contribution < -0.4 is 9.84 Å². The molecule has 0 saturated carbocycles. The van der Waals surface area contributed by atoms with Crippen molar-refractivity contribution >= 4 is 28.6 Å². The first-order valence-corrected chi connectivity index (χ1v) is 9.35. The molecule has 0 saturated heterocycles. The van der Waals surface area contributed by atoms with Crippen molar-refractivity contribution in [3.05, 3.63) is 53.1 Å². The van der Waals surface area contributed by atoms with E-state index < -0.39 is 17.7 Å². The number of carbonyl (C=O) groups is 1. The second-order valence-electron chi connectivity index (χ2n) is 6.05. The van der Waals surface area contributed by atoms with E-state index in [1.165, 1.54) is 37.9 Å². The lowest BCUT2D eigenvalue weighted by Gasteiger charge is -2.18. The number of rotatable bonds is 4. The fraction of sp³-hybridized carbons (Fsp3) is 0.200. The average Bonchev–Trinajstić information content (AvgIpc) is 2.65. The molecule has 0 fully saturated rings. The van der Waals surface area contributed by atoms with Crippen molar-refractivity contribution in [2.75, 3.05) is 13.4 Å². The van der Waals surface area contributed by atoms with Gasteiger partial charge in [0.1, 0.15) is 5.75 Å². The number of carbonyl (C=O) groups excluding carboxylic acids is 1. The van der Waals surface area contributed by atoms with E-state index in [1.54, 1.807) is 12.1 Å². The van der Waals surface area contributed by atoms with Gasteiger partial charge in [-0.3, -0.25) is 0 Å². The number of carboxylic acids is 1. The van der Waals surface area contributed by atoms with Gasteiger partial charge in [-0.25, -0.2) is 4.98 Å². The van der Waals surface area contributed by atoms with E-state index in [-0.39, 0.29) is 22.4 Å². The molecule has 0 bridgehead atoms. The Kier molecular flexibility index (Phi) is 5.25. The van der Waals surface area contributed by atoms with Crippen LogP contribution in [0.25, 0.3) is 22.2 Å². The van der Waals surface area contributed by atoms with E-state index in [2.05, 4.69) is 4.98 Å². The molecule has 0 N–H and O–H groups in total. The molecule has 4 nitrogen and oxygen atoms in total. The molecule has 0 amide bonds. The molecule has 8 heteroatoms. The summed E-state index contributed by atoms with van der Waals surface area (Å²) in [7, 11) is 1.47. The third-order valence-electron chi connectivity index (χ3n) is 4.40. The zero-order chi connectivity index (χ0) is 20.6. The van der Waals surface area contributed by atoms with Crippen molar-refractivity contribution in [1.82, 2.24) is 4.98 Å². The lowest BCUT2D eigenvalue weighted by atomic mass is 9.96. The Morgan fingerprint density at radius 2 is 1.93 bits per heavy atom. The van der Waals surface area contributed by atoms with Gasteiger partial charge >= 0.3 is 6.18 Å². The highest BCUT2D eigenvalue weighted by Crippen LogP contribution is 2.37. The van der Waals surface area contributed by atoms with Gasteiger partial charge in [-0.15, -0.1) is 11.8 Å². The molecule has 146 valence electrons. The number of ether oxygens (including phenoxy) is 1. The predicted molar refractivity (Wildman–Crippen MR) is 99.6 cm³/mol. The van der Waals surface area contributed by atoms with Crippen molar-refractivity contribution in [3.63, 3.8) is 0 Å². The van der Waals surface area contributed by atoms with E-state index in [0.29, 0.717) is 21.5 Å². The van der Waals surface area contributed by atoms with Crippen LogP contribution in [-0.4, -0.2) is 24.3 Å². The number of aromatic nitrogens is 1. The Bertz CT molecular complexity index is 1080. The summed E-state index contributed by atoms with van der Waals surface area (Å²) < 4.78 is 44.6. The van der Waals surface area contributed by atoms with E-state index in [0.717, 1.165) is 12.1 Å². The standard InChI is InChI=1S/C20H16F3NO3S/c1-10-17(19(25)26)13-8-16(28-3)15(27-2)9-14(13)24-18(10)11-5-4-6-12(7-11)20(21,22)23/h4-9H,1-3H3,(H,25,26)/p-1. The maximum absolute atomic E-state index is 13.1. The summed E-state index contributed by atoms with van der Waals surface area (Å²) in [5.41, 5.74) is -0.0794. The van der Waals surface area contributed by atoms with Crippen molar-refractivity contribution in [2.45, 2.75) is 18.0 Å². The van der Waals surface area contributed by atoms with Gasteiger partial charge in [-0.1, -0.05) is 12.1 Å². The number of hydrogen-bond donors (Lipinski definition) is 0. The Morgan fingerprint density at radius 3 is 2.50 bits per heavy atom. The number of methoxy groups -OCH3 is 1. The van der Waals surface area contributed by atoms with Crippen LogP contribution in [0.1, 0.15) is 21.5 Å². The highest BCUT2D eigenvalue weighted by molar-refractivity contribution is 7.98. The minimum atomic E-state index is -4.52. The second kappa shape index (κ2) is 7.35. The molecule has 0 radical (unpaired) electrons. The molecule has 3 aromatic rings. The van der Waals surface area contributed by atoms with Gasteiger partial charge in [0, 0.05) is 27.5 Å². The van der Waals surface area contributed by atoms with Crippen molar-refractivity contribution in [3.8, 4) is 17.0 Å². The molecule has 0 aliphatic rings. The summed E-state index contributed by atoms with van der Waals surface area (Å²) >= 11 is 1.38. The number of pyridine rings is 1. The number of alkyl halides is 3. The topological polar surface area (TPSA) is 62.2 Å². The van der Waals surface area contributed by atoms with Crippen LogP contribution in [0.4, 0.5) is 13.2 Å². The molecule has 0 aliphatic heterocycles. The number of thioether (sulfide) groups is 1. The Labute approximate surface area is 163 Å². The van der Waals surface area contributed by atoms with Crippen LogP contribution in [0.15, 0.2) is 41.3 Å². The van der Waals surface area contributed by atoms with Crippen LogP contribution in [0.2, 0.25) is 0 Å². The number of nitrogens with zero attached hydrogens (tertiary/aromatic N) is 1. The van der Waals surface area contributed by atoms with Crippen LogP contribution in [0, 0.1) is 6.92 Å². The summed E-state index contributed by atoms with van der Waals surface area (Å²) in [6.45, 7) is 1.51. The summed E-state index contributed by atoms with van der Waals surface area (Å²) in [6, 6.07) is 7.84. The maximum Gasteiger partial charge on any atom is 0.416 e. The van der Waals surface area contributed by atoms with Gasteiger partial charge in [0.05, 0.1) is 29.9 Å². The minimum Gasteiger partial charge on any atom is -0.545 e. The first-order valence-electron chi connectivity index (χ1n) is 8.12. The molecule has 0 unspecified atom stereocenters. The normalized spacial score (nSPS) is 11.6. The van der Waals surface area contributed by atoms with E-state index in [9.17, 15) is 23.1 Å². The van der Waals surface area contributed by atoms with Gasteiger partial charge in [-0.05, 0) is 36.9 Å². The summed E-state index contributed by atoms with van der Waals surface area (Å²) in [6.07, 6.45) is -2.70. The molecular formula is C20H15F3NO3S-. The fourth-order valence-electron chi connectivity index (χ4n) is 3.07. The van der Waals surface area contributed by atoms with Crippen molar-refractivity contribution < 1.29 is 27.8 Å². The third-order valence-corrected chi connectivity index (χ3v) is 5.16. The molecular weight excluding hydrogens is 391 g/mol. The molecule has 0 aliphatic carbocycles. The maximum atomic E-state index is 13.1. The third kappa shape index (κ3) is 3.52. The zero-order valence-corrected chi connectivity index (χ0v) is 16.0. The largest absolute Gasteiger partial charge is 0.545 e. The molecule has 0 spiro atoms. The molecule has 28 heavy (non-hydrogen) atoms. The molecule has 2 aromatic carbocycles. The van der Waals surface area contributed by atoms with Crippen LogP contribution >= 0.6 is 11.8 Å². The lowest BCUT2D eigenvalue weighted by Crippen LogP contribution is -2.24. The number of aromatic carboxylic acids is 1.